The Morgan fingerprint density at radius 1 is 1.42 bits per heavy atom. The average Bonchev–Trinajstić information content (AvgIpc) is 2.99. The van der Waals surface area contributed by atoms with E-state index in [1.165, 1.54) is 12.1 Å². The fourth-order valence-corrected chi connectivity index (χ4v) is 2.48. The number of rotatable bonds is 2. The van der Waals surface area contributed by atoms with Gasteiger partial charge in [-0.2, -0.15) is 4.98 Å². The zero-order valence-corrected chi connectivity index (χ0v) is 11.5. The van der Waals surface area contributed by atoms with E-state index in [1.807, 2.05) is 0 Å². The van der Waals surface area contributed by atoms with E-state index >= 15 is 0 Å². The summed E-state index contributed by atoms with van der Waals surface area (Å²) in [6, 6.07) is 4.28. The first-order valence-corrected chi connectivity index (χ1v) is 6.54. The first-order chi connectivity index (χ1) is 9.08. The van der Waals surface area contributed by atoms with Crippen LogP contribution in [0.5, 0.6) is 0 Å². The Labute approximate surface area is 117 Å². The number of nitrogens with zero attached hydrogens (tertiary/aromatic N) is 2. The highest BCUT2D eigenvalue weighted by atomic mass is 79.9. The smallest absolute Gasteiger partial charge is 0.249 e. The molecule has 0 bridgehead atoms. The van der Waals surface area contributed by atoms with E-state index in [4.69, 9.17) is 15.0 Å². The van der Waals surface area contributed by atoms with Crippen molar-refractivity contribution in [1.82, 2.24) is 10.1 Å². The number of hydrogen-bond donors (Lipinski definition) is 1. The van der Waals surface area contributed by atoms with Gasteiger partial charge in [0.1, 0.15) is 11.4 Å². The molecule has 1 aromatic carbocycles. The number of nitrogens with two attached hydrogens (primary N) is 1. The van der Waals surface area contributed by atoms with Gasteiger partial charge in [0.25, 0.3) is 0 Å². The second-order valence-corrected chi connectivity index (χ2v) is 5.36. The van der Waals surface area contributed by atoms with Crippen LogP contribution in [0, 0.1) is 5.82 Å². The zero-order chi connectivity index (χ0) is 13.5. The third-order valence-corrected chi connectivity index (χ3v) is 3.73. The van der Waals surface area contributed by atoms with Gasteiger partial charge < -0.3 is 15.0 Å². The van der Waals surface area contributed by atoms with Crippen LogP contribution in [0.3, 0.4) is 0 Å². The first-order valence-electron chi connectivity index (χ1n) is 5.75. The van der Waals surface area contributed by atoms with Gasteiger partial charge in [-0.05, 0) is 40.5 Å². The molecule has 2 heterocycles. The van der Waals surface area contributed by atoms with E-state index < -0.39 is 5.54 Å². The Bertz CT molecular complexity index is 611. The molecule has 2 N–H and O–H groups in total. The van der Waals surface area contributed by atoms with Crippen LogP contribution in [0.25, 0.3) is 11.4 Å². The highest BCUT2D eigenvalue weighted by molar-refractivity contribution is 9.10. The molecule has 1 aliphatic heterocycles. The predicted molar refractivity (Wildman–Crippen MR) is 68.7 cm³/mol. The predicted octanol–water partition coefficient (Wildman–Crippen LogP) is 2.21. The van der Waals surface area contributed by atoms with E-state index in [0.717, 1.165) is 0 Å². The van der Waals surface area contributed by atoms with Gasteiger partial charge in [-0.3, -0.25) is 0 Å². The van der Waals surface area contributed by atoms with Crippen molar-refractivity contribution >= 4 is 15.9 Å². The molecule has 100 valence electrons. The fourth-order valence-electron chi connectivity index (χ4n) is 1.96. The lowest BCUT2D eigenvalue weighted by molar-refractivity contribution is 0.166. The van der Waals surface area contributed by atoms with Gasteiger partial charge in [-0.25, -0.2) is 4.39 Å². The Balaban J connectivity index is 1.97. The van der Waals surface area contributed by atoms with E-state index in [9.17, 15) is 4.39 Å². The van der Waals surface area contributed by atoms with Crippen LogP contribution in [-0.2, 0) is 10.3 Å². The van der Waals surface area contributed by atoms with E-state index in [-0.39, 0.29) is 5.82 Å². The fraction of sp³-hybridized carbons (Fsp3) is 0.333. The molecule has 1 aromatic heterocycles. The summed E-state index contributed by atoms with van der Waals surface area (Å²) in [7, 11) is 0. The van der Waals surface area contributed by atoms with Gasteiger partial charge in [0, 0.05) is 16.6 Å². The average molecular weight is 328 g/mol. The maximum absolute atomic E-state index is 13.0. The third kappa shape index (κ3) is 2.29. The maximum atomic E-state index is 13.0. The first kappa shape index (κ1) is 12.7. The highest BCUT2D eigenvalue weighted by Crippen LogP contribution is 2.31. The molecule has 1 aliphatic rings. The summed E-state index contributed by atoms with van der Waals surface area (Å²) in [5, 5.41) is 3.89. The minimum absolute atomic E-state index is 0.334. The van der Waals surface area contributed by atoms with Crippen molar-refractivity contribution in [1.29, 1.82) is 0 Å². The molecule has 0 saturated carbocycles. The molecule has 3 rings (SSSR count). The monoisotopic (exact) mass is 327 g/mol. The van der Waals surface area contributed by atoms with Gasteiger partial charge in [-0.15, -0.1) is 0 Å². The molecule has 5 nitrogen and oxygen atoms in total. The van der Waals surface area contributed by atoms with Crippen molar-refractivity contribution < 1.29 is 13.7 Å². The van der Waals surface area contributed by atoms with Crippen LogP contribution >= 0.6 is 15.9 Å². The van der Waals surface area contributed by atoms with Crippen molar-refractivity contribution in [3.05, 3.63) is 34.4 Å². The minimum atomic E-state index is -0.724. The van der Waals surface area contributed by atoms with Crippen molar-refractivity contribution in [2.45, 2.75) is 12.0 Å². The van der Waals surface area contributed by atoms with Gasteiger partial charge in [0.15, 0.2) is 0 Å². The molecular weight excluding hydrogens is 317 g/mol. The summed E-state index contributed by atoms with van der Waals surface area (Å²) in [4.78, 5) is 4.29. The standard InChI is InChI=1S/C12H11BrFN3O2/c13-9-5-7(14)1-2-8(9)10-16-11(19-17-10)12(15)3-4-18-6-12/h1-2,5H,3-4,6,15H2. The SMILES string of the molecule is NC1(c2nc(-c3ccc(F)cc3Br)no2)CCOC1. The van der Waals surface area contributed by atoms with Crippen LogP contribution in [0.4, 0.5) is 4.39 Å². The van der Waals surface area contributed by atoms with Gasteiger partial charge in [0.05, 0.1) is 6.61 Å². The summed E-state index contributed by atoms with van der Waals surface area (Å²) in [6.07, 6.45) is 0.638. The van der Waals surface area contributed by atoms with E-state index in [1.54, 1.807) is 6.07 Å². The van der Waals surface area contributed by atoms with Crippen LogP contribution in [0.1, 0.15) is 12.3 Å². The molecule has 19 heavy (non-hydrogen) atoms. The van der Waals surface area contributed by atoms with Gasteiger partial charge in [-0.1, -0.05) is 5.16 Å². The molecule has 1 saturated heterocycles. The number of benzene rings is 1. The van der Waals surface area contributed by atoms with Crippen molar-refractivity contribution in [3.8, 4) is 11.4 Å². The molecule has 2 aromatic rings. The molecule has 0 radical (unpaired) electrons. The van der Waals surface area contributed by atoms with E-state index in [2.05, 4.69) is 26.1 Å². The Morgan fingerprint density at radius 3 is 2.95 bits per heavy atom. The van der Waals surface area contributed by atoms with Crippen molar-refractivity contribution in [3.63, 3.8) is 0 Å². The molecule has 7 heteroatoms. The quantitative estimate of drug-likeness (QED) is 0.915. The second-order valence-electron chi connectivity index (χ2n) is 4.51. The summed E-state index contributed by atoms with van der Waals surface area (Å²) in [5.41, 5.74) is 6.07. The molecule has 1 atom stereocenters. The van der Waals surface area contributed by atoms with Gasteiger partial charge >= 0.3 is 0 Å². The summed E-state index contributed by atoms with van der Waals surface area (Å²) >= 11 is 3.27. The lowest BCUT2D eigenvalue weighted by Crippen LogP contribution is -2.37. The number of aromatic nitrogens is 2. The minimum Gasteiger partial charge on any atom is -0.379 e. The Kier molecular flexibility index (Phi) is 3.12. The van der Waals surface area contributed by atoms with Crippen LogP contribution in [-0.4, -0.2) is 23.4 Å². The zero-order valence-electron chi connectivity index (χ0n) is 9.90. The number of ether oxygens (including phenoxy) is 1. The van der Waals surface area contributed by atoms with Crippen LogP contribution < -0.4 is 5.73 Å². The molecule has 1 unspecified atom stereocenters. The maximum Gasteiger partial charge on any atom is 0.249 e. The lowest BCUT2D eigenvalue weighted by atomic mass is 10.0. The number of hydrogen-bond acceptors (Lipinski definition) is 5. The molecule has 0 amide bonds. The molecular formula is C12H11BrFN3O2. The lowest BCUT2D eigenvalue weighted by Gasteiger charge is -2.15. The second kappa shape index (κ2) is 4.66. The largest absolute Gasteiger partial charge is 0.379 e. The molecule has 0 spiro atoms. The number of halogens is 2. The topological polar surface area (TPSA) is 74.2 Å². The highest BCUT2D eigenvalue weighted by Gasteiger charge is 2.38. The molecule has 1 fully saturated rings. The Hall–Kier alpha value is -1.31. The molecule has 0 aliphatic carbocycles. The third-order valence-electron chi connectivity index (χ3n) is 3.08. The Morgan fingerprint density at radius 2 is 2.26 bits per heavy atom. The summed E-state index contributed by atoms with van der Waals surface area (Å²) in [5.74, 6) is 0.383. The van der Waals surface area contributed by atoms with Crippen molar-refractivity contribution in [2.24, 2.45) is 5.73 Å². The van der Waals surface area contributed by atoms with Crippen molar-refractivity contribution in [2.75, 3.05) is 13.2 Å². The van der Waals surface area contributed by atoms with Crippen LogP contribution in [0.15, 0.2) is 27.2 Å². The van der Waals surface area contributed by atoms with Crippen LogP contribution in [0.2, 0.25) is 0 Å². The normalized spacial score (nSPS) is 22.9. The summed E-state index contributed by atoms with van der Waals surface area (Å²) < 4.78 is 24.1. The van der Waals surface area contributed by atoms with E-state index in [0.29, 0.717) is 41.4 Å². The van der Waals surface area contributed by atoms with Gasteiger partial charge in [0.2, 0.25) is 11.7 Å². The summed E-state index contributed by atoms with van der Waals surface area (Å²) in [6.45, 7) is 0.938.